The van der Waals surface area contributed by atoms with Crippen LogP contribution in [0.15, 0.2) is 23.1 Å². The molecule has 5 nitrogen and oxygen atoms in total. The van der Waals surface area contributed by atoms with Crippen molar-refractivity contribution in [2.24, 2.45) is 0 Å². The van der Waals surface area contributed by atoms with Gasteiger partial charge in [-0.05, 0) is 51.7 Å². The van der Waals surface area contributed by atoms with Gasteiger partial charge in [0, 0.05) is 6.04 Å². The van der Waals surface area contributed by atoms with E-state index in [1.54, 1.807) is 6.92 Å². The molecule has 1 rings (SSSR count). The monoisotopic (exact) mass is 304 g/mol. The summed E-state index contributed by atoms with van der Waals surface area (Å²) < 4.78 is 40.4. The zero-order valence-electron chi connectivity index (χ0n) is 11.9. The third-order valence-electron chi connectivity index (χ3n) is 2.83. The van der Waals surface area contributed by atoms with Gasteiger partial charge in [0.05, 0.1) is 6.61 Å². The van der Waals surface area contributed by atoms with Gasteiger partial charge in [-0.3, -0.25) is 0 Å². The number of hydrogen-bond acceptors (Lipinski definition) is 4. The maximum Gasteiger partial charge on any atom is 0.243 e. The molecule has 0 spiro atoms. The van der Waals surface area contributed by atoms with Gasteiger partial charge in [-0.2, -0.15) is 0 Å². The van der Waals surface area contributed by atoms with E-state index in [4.69, 9.17) is 5.11 Å². The molecule has 20 heavy (non-hydrogen) atoms. The summed E-state index contributed by atoms with van der Waals surface area (Å²) in [6.45, 7) is 2.14. The molecule has 1 unspecified atom stereocenters. The van der Waals surface area contributed by atoms with Crippen molar-refractivity contribution < 1.29 is 17.9 Å². The zero-order chi connectivity index (χ0) is 15.3. The van der Waals surface area contributed by atoms with Crippen molar-refractivity contribution in [3.05, 3.63) is 29.6 Å². The lowest BCUT2D eigenvalue weighted by Gasteiger charge is -2.17. The molecule has 1 aromatic rings. The van der Waals surface area contributed by atoms with Crippen molar-refractivity contribution in [3.8, 4) is 0 Å². The maximum atomic E-state index is 13.8. The van der Waals surface area contributed by atoms with Gasteiger partial charge >= 0.3 is 0 Å². The average molecular weight is 304 g/mol. The van der Waals surface area contributed by atoms with Gasteiger partial charge in [0.25, 0.3) is 0 Å². The minimum absolute atomic E-state index is 0.292. The lowest BCUT2D eigenvalue weighted by atomic mass is 10.2. The average Bonchev–Trinajstić information content (AvgIpc) is 2.35. The van der Waals surface area contributed by atoms with E-state index >= 15 is 0 Å². The van der Waals surface area contributed by atoms with E-state index in [0.29, 0.717) is 12.0 Å². The van der Waals surface area contributed by atoms with Crippen molar-refractivity contribution in [1.29, 1.82) is 0 Å². The number of benzene rings is 1. The SMILES string of the molecule is CC(CCN(C)C)NS(=O)(=O)c1ccc(CO)cc1F. The summed E-state index contributed by atoms with van der Waals surface area (Å²) in [6, 6.07) is 3.29. The van der Waals surface area contributed by atoms with Crippen LogP contribution in [0.2, 0.25) is 0 Å². The highest BCUT2D eigenvalue weighted by Crippen LogP contribution is 2.16. The van der Waals surface area contributed by atoms with E-state index in [1.807, 2.05) is 19.0 Å². The van der Waals surface area contributed by atoms with Crippen LogP contribution in [-0.2, 0) is 16.6 Å². The molecule has 0 aliphatic carbocycles. The highest BCUT2D eigenvalue weighted by Gasteiger charge is 2.21. The van der Waals surface area contributed by atoms with Gasteiger partial charge < -0.3 is 10.0 Å². The topological polar surface area (TPSA) is 69.6 Å². The predicted molar refractivity (Wildman–Crippen MR) is 75.3 cm³/mol. The first kappa shape index (κ1) is 17.0. The van der Waals surface area contributed by atoms with Gasteiger partial charge in [-0.25, -0.2) is 17.5 Å². The number of nitrogens with one attached hydrogen (secondary N) is 1. The number of rotatable bonds is 7. The number of aliphatic hydroxyl groups is 1. The Hall–Kier alpha value is -1.02. The van der Waals surface area contributed by atoms with Crippen LogP contribution in [-0.4, -0.2) is 45.1 Å². The summed E-state index contributed by atoms with van der Waals surface area (Å²) in [4.78, 5) is 1.55. The molecule has 0 bridgehead atoms. The predicted octanol–water partition coefficient (Wildman–Crippen LogP) is 0.936. The lowest BCUT2D eigenvalue weighted by Crippen LogP contribution is -2.35. The van der Waals surface area contributed by atoms with Crippen LogP contribution < -0.4 is 4.72 Å². The summed E-state index contributed by atoms with van der Waals surface area (Å²) in [5.41, 5.74) is 0.335. The van der Waals surface area contributed by atoms with E-state index in [0.717, 1.165) is 12.6 Å². The molecule has 1 atom stereocenters. The number of halogens is 1. The highest BCUT2D eigenvalue weighted by atomic mass is 32.2. The van der Waals surface area contributed by atoms with Crippen LogP contribution in [0.5, 0.6) is 0 Å². The molecular weight excluding hydrogens is 283 g/mol. The minimum Gasteiger partial charge on any atom is -0.392 e. The van der Waals surface area contributed by atoms with E-state index in [-0.39, 0.29) is 12.6 Å². The van der Waals surface area contributed by atoms with Crippen LogP contribution >= 0.6 is 0 Å². The molecule has 0 aliphatic heterocycles. The Morgan fingerprint density at radius 3 is 2.55 bits per heavy atom. The standard InChI is InChI=1S/C13H21FN2O3S/c1-10(6-7-16(2)3)15-20(18,19)13-5-4-11(9-17)8-12(13)14/h4-5,8,10,15,17H,6-7,9H2,1-3H3. The Balaban J connectivity index is 2.83. The molecule has 0 aromatic heterocycles. The van der Waals surface area contributed by atoms with Crippen LogP contribution in [0.1, 0.15) is 18.9 Å². The van der Waals surface area contributed by atoms with Gasteiger partial charge in [-0.15, -0.1) is 0 Å². The summed E-state index contributed by atoms with van der Waals surface area (Å²) in [6.07, 6.45) is 0.628. The van der Waals surface area contributed by atoms with Crippen LogP contribution in [0, 0.1) is 5.82 Å². The van der Waals surface area contributed by atoms with Gasteiger partial charge in [0.15, 0.2) is 0 Å². The Morgan fingerprint density at radius 1 is 1.40 bits per heavy atom. The highest BCUT2D eigenvalue weighted by molar-refractivity contribution is 7.89. The van der Waals surface area contributed by atoms with Crippen molar-refractivity contribution in [2.75, 3.05) is 20.6 Å². The molecule has 0 aliphatic rings. The molecule has 1 aromatic carbocycles. The Morgan fingerprint density at radius 2 is 2.05 bits per heavy atom. The summed E-state index contributed by atoms with van der Waals surface area (Å²) in [7, 11) is -0.0936. The molecule has 7 heteroatoms. The number of hydrogen-bond donors (Lipinski definition) is 2. The van der Waals surface area contributed by atoms with Gasteiger partial charge in [0.2, 0.25) is 10.0 Å². The second-order valence-corrected chi connectivity index (χ2v) is 6.72. The summed E-state index contributed by atoms with van der Waals surface area (Å²) >= 11 is 0. The summed E-state index contributed by atoms with van der Waals surface area (Å²) in [5, 5.41) is 8.89. The normalized spacial score (nSPS) is 13.7. The summed E-state index contributed by atoms with van der Waals surface area (Å²) in [5.74, 6) is -0.858. The van der Waals surface area contributed by atoms with Gasteiger partial charge in [0.1, 0.15) is 10.7 Å². The van der Waals surface area contributed by atoms with E-state index in [9.17, 15) is 12.8 Å². The number of aliphatic hydroxyl groups excluding tert-OH is 1. The number of sulfonamides is 1. The van der Waals surface area contributed by atoms with Crippen molar-refractivity contribution in [3.63, 3.8) is 0 Å². The lowest BCUT2D eigenvalue weighted by molar-refractivity contribution is 0.281. The largest absolute Gasteiger partial charge is 0.392 e. The van der Waals surface area contributed by atoms with E-state index < -0.39 is 20.7 Å². The number of nitrogens with zero attached hydrogens (tertiary/aromatic N) is 1. The molecule has 0 saturated heterocycles. The molecule has 0 amide bonds. The first-order valence-corrected chi connectivity index (χ1v) is 7.81. The molecule has 0 heterocycles. The second-order valence-electron chi connectivity index (χ2n) is 5.04. The Kier molecular flexibility index (Phi) is 6.07. The molecule has 2 N–H and O–H groups in total. The molecule has 0 fully saturated rings. The van der Waals surface area contributed by atoms with Crippen LogP contribution in [0.25, 0.3) is 0 Å². The van der Waals surface area contributed by atoms with Crippen molar-refractivity contribution >= 4 is 10.0 Å². The van der Waals surface area contributed by atoms with E-state index in [1.165, 1.54) is 12.1 Å². The second kappa shape index (κ2) is 7.12. The van der Waals surface area contributed by atoms with Crippen molar-refractivity contribution in [1.82, 2.24) is 9.62 Å². The molecule has 114 valence electrons. The third kappa shape index (κ3) is 4.82. The maximum absolute atomic E-state index is 13.8. The minimum atomic E-state index is -3.89. The fourth-order valence-corrected chi connectivity index (χ4v) is 3.04. The first-order valence-electron chi connectivity index (χ1n) is 6.32. The smallest absolute Gasteiger partial charge is 0.243 e. The van der Waals surface area contributed by atoms with Crippen LogP contribution in [0.3, 0.4) is 0 Å². The Bertz CT molecular complexity index is 547. The Labute approximate surface area is 119 Å². The quantitative estimate of drug-likeness (QED) is 0.786. The van der Waals surface area contributed by atoms with Crippen LogP contribution in [0.4, 0.5) is 4.39 Å². The molecular formula is C13H21FN2O3S. The first-order chi connectivity index (χ1) is 9.26. The third-order valence-corrected chi connectivity index (χ3v) is 4.46. The fourth-order valence-electron chi connectivity index (χ4n) is 1.70. The van der Waals surface area contributed by atoms with Gasteiger partial charge in [-0.1, -0.05) is 6.07 Å². The zero-order valence-corrected chi connectivity index (χ0v) is 12.7. The fraction of sp³-hybridized carbons (Fsp3) is 0.538. The van der Waals surface area contributed by atoms with E-state index in [2.05, 4.69) is 4.72 Å². The van der Waals surface area contributed by atoms with Crippen molar-refractivity contribution in [2.45, 2.75) is 30.9 Å². The molecule has 0 saturated carbocycles. The molecule has 0 radical (unpaired) electrons.